The van der Waals surface area contributed by atoms with E-state index in [0.717, 1.165) is 5.56 Å². The van der Waals surface area contributed by atoms with Gasteiger partial charge in [-0.3, -0.25) is 9.78 Å². The van der Waals surface area contributed by atoms with Crippen molar-refractivity contribution in [3.05, 3.63) is 65.5 Å². The number of benzene rings is 1. The molecule has 1 aromatic carbocycles. The lowest BCUT2D eigenvalue weighted by Gasteiger charge is -2.20. The van der Waals surface area contributed by atoms with E-state index in [-0.39, 0.29) is 10.9 Å². The van der Waals surface area contributed by atoms with Gasteiger partial charge in [0.15, 0.2) is 0 Å². The molecule has 1 heterocycles. The summed E-state index contributed by atoms with van der Waals surface area (Å²) in [6.45, 7) is 3.13. The lowest BCUT2D eigenvalue weighted by Crippen LogP contribution is -2.31. The van der Waals surface area contributed by atoms with Crippen LogP contribution in [0.15, 0.2) is 48.7 Å². The number of rotatable bonds is 5. The van der Waals surface area contributed by atoms with Crippen LogP contribution in [0.2, 0.25) is 0 Å². The average molecular weight is 299 g/mol. The molecule has 0 bridgehead atoms. The van der Waals surface area contributed by atoms with Gasteiger partial charge in [0.25, 0.3) is 5.91 Å². The van der Waals surface area contributed by atoms with Gasteiger partial charge in [0.2, 0.25) is 0 Å². The Bertz CT molecular complexity index is 626. The molecule has 4 nitrogen and oxygen atoms in total. The van der Waals surface area contributed by atoms with Crippen LogP contribution in [0, 0.1) is 0 Å². The molecule has 0 aliphatic carbocycles. The number of thiocarbonyl (C=S) groups is 1. The smallest absolute Gasteiger partial charge is 0.272 e. The van der Waals surface area contributed by atoms with Crippen LogP contribution in [0.25, 0.3) is 0 Å². The molecule has 0 saturated carbocycles. The fourth-order valence-corrected chi connectivity index (χ4v) is 2.08. The molecule has 1 aromatic heterocycles. The number of hydrogen-bond donors (Lipinski definition) is 1. The van der Waals surface area contributed by atoms with E-state index in [1.54, 1.807) is 17.0 Å². The van der Waals surface area contributed by atoms with Crippen molar-refractivity contribution in [3.63, 3.8) is 0 Å². The Hall–Kier alpha value is -2.27. The summed E-state index contributed by atoms with van der Waals surface area (Å²) in [5.74, 6) is -0.101. The highest BCUT2D eigenvalue weighted by Crippen LogP contribution is 2.09. The third-order valence-corrected chi connectivity index (χ3v) is 3.39. The minimum atomic E-state index is -0.101. The third kappa shape index (κ3) is 3.86. The topological polar surface area (TPSA) is 59.2 Å². The van der Waals surface area contributed by atoms with E-state index in [4.69, 9.17) is 18.0 Å². The van der Waals surface area contributed by atoms with Gasteiger partial charge < -0.3 is 10.6 Å². The standard InChI is InChI=1S/C16H17N3OS/c1-2-19(11-12-6-4-3-5-7-12)16(20)14-9-8-13(10-18-14)15(17)21/h3-10H,2,11H2,1H3,(H2,17,21). The maximum atomic E-state index is 12.5. The normalized spacial score (nSPS) is 10.1. The zero-order valence-corrected chi connectivity index (χ0v) is 12.6. The van der Waals surface area contributed by atoms with Gasteiger partial charge in [0, 0.05) is 24.8 Å². The zero-order chi connectivity index (χ0) is 15.2. The van der Waals surface area contributed by atoms with Crippen molar-refractivity contribution in [3.8, 4) is 0 Å². The average Bonchev–Trinajstić information content (AvgIpc) is 2.53. The molecule has 21 heavy (non-hydrogen) atoms. The first-order chi connectivity index (χ1) is 10.1. The van der Waals surface area contributed by atoms with Gasteiger partial charge in [0.1, 0.15) is 10.7 Å². The molecule has 0 saturated heterocycles. The maximum Gasteiger partial charge on any atom is 0.272 e. The summed E-state index contributed by atoms with van der Waals surface area (Å²) in [5.41, 5.74) is 7.67. The number of pyridine rings is 1. The van der Waals surface area contributed by atoms with E-state index in [2.05, 4.69) is 4.98 Å². The number of nitrogens with two attached hydrogens (primary N) is 1. The molecule has 0 spiro atoms. The van der Waals surface area contributed by atoms with Crippen molar-refractivity contribution in [2.45, 2.75) is 13.5 Å². The van der Waals surface area contributed by atoms with Gasteiger partial charge >= 0.3 is 0 Å². The second-order valence-corrected chi connectivity index (χ2v) is 5.04. The Morgan fingerprint density at radius 2 is 1.95 bits per heavy atom. The molecule has 0 radical (unpaired) electrons. The summed E-state index contributed by atoms with van der Waals surface area (Å²) in [4.78, 5) is 18.6. The van der Waals surface area contributed by atoms with Crippen molar-refractivity contribution in [1.82, 2.24) is 9.88 Å². The highest BCUT2D eigenvalue weighted by atomic mass is 32.1. The van der Waals surface area contributed by atoms with Gasteiger partial charge in [-0.05, 0) is 24.6 Å². The van der Waals surface area contributed by atoms with Gasteiger partial charge in [-0.1, -0.05) is 42.5 Å². The molecular formula is C16H17N3OS. The predicted octanol–water partition coefficient (Wildman–Crippen LogP) is 2.38. The number of aromatic nitrogens is 1. The first-order valence-corrected chi connectivity index (χ1v) is 7.11. The van der Waals surface area contributed by atoms with Crippen LogP contribution in [0.4, 0.5) is 0 Å². The summed E-state index contributed by atoms with van der Waals surface area (Å²) >= 11 is 4.87. The van der Waals surface area contributed by atoms with E-state index >= 15 is 0 Å². The molecule has 0 unspecified atom stereocenters. The number of amides is 1. The minimum Gasteiger partial charge on any atom is -0.389 e. The largest absolute Gasteiger partial charge is 0.389 e. The first-order valence-electron chi connectivity index (χ1n) is 6.71. The third-order valence-electron chi connectivity index (χ3n) is 3.15. The fourth-order valence-electron chi connectivity index (χ4n) is 1.96. The van der Waals surface area contributed by atoms with Gasteiger partial charge in [-0.15, -0.1) is 0 Å². The summed E-state index contributed by atoms with van der Waals surface area (Å²) < 4.78 is 0. The van der Waals surface area contributed by atoms with Crippen LogP contribution in [0.3, 0.4) is 0 Å². The van der Waals surface area contributed by atoms with Crippen molar-refractivity contribution >= 4 is 23.1 Å². The van der Waals surface area contributed by atoms with E-state index in [0.29, 0.717) is 24.3 Å². The Morgan fingerprint density at radius 3 is 2.48 bits per heavy atom. The Kier molecular flexibility index (Phi) is 5.00. The summed E-state index contributed by atoms with van der Waals surface area (Å²) in [7, 11) is 0. The van der Waals surface area contributed by atoms with Crippen LogP contribution in [0.1, 0.15) is 28.5 Å². The number of carbonyl (C=O) groups is 1. The van der Waals surface area contributed by atoms with Crippen molar-refractivity contribution in [1.29, 1.82) is 0 Å². The van der Waals surface area contributed by atoms with Crippen molar-refractivity contribution in [2.24, 2.45) is 5.73 Å². The van der Waals surface area contributed by atoms with Crippen molar-refractivity contribution < 1.29 is 4.79 Å². The number of carbonyl (C=O) groups excluding carboxylic acids is 1. The Labute approximate surface area is 129 Å². The zero-order valence-electron chi connectivity index (χ0n) is 11.8. The number of hydrogen-bond acceptors (Lipinski definition) is 3. The van der Waals surface area contributed by atoms with Gasteiger partial charge in [-0.25, -0.2) is 0 Å². The Morgan fingerprint density at radius 1 is 1.24 bits per heavy atom. The molecule has 0 fully saturated rings. The van der Waals surface area contributed by atoms with Crippen LogP contribution in [-0.2, 0) is 6.54 Å². The molecule has 0 aliphatic rings. The maximum absolute atomic E-state index is 12.5. The van der Waals surface area contributed by atoms with Crippen LogP contribution >= 0.6 is 12.2 Å². The highest BCUT2D eigenvalue weighted by molar-refractivity contribution is 7.80. The van der Waals surface area contributed by atoms with E-state index in [9.17, 15) is 4.79 Å². The summed E-state index contributed by atoms with van der Waals surface area (Å²) in [6, 6.07) is 13.3. The molecule has 2 aromatic rings. The SMILES string of the molecule is CCN(Cc1ccccc1)C(=O)c1ccc(C(N)=S)cn1. The molecule has 1 amide bonds. The lowest BCUT2D eigenvalue weighted by atomic mass is 10.2. The fraction of sp³-hybridized carbons (Fsp3) is 0.188. The second-order valence-electron chi connectivity index (χ2n) is 4.60. The monoisotopic (exact) mass is 299 g/mol. The molecule has 2 N–H and O–H groups in total. The van der Waals surface area contributed by atoms with Gasteiger partial charge in [-0.2, -0.15) is 0 Å². The molecule has 5 heteroatoms. The van der Waals surface area contributed by atoms with Crippen LogP contribution < -0.4 is 5.73 Å². The summed E-state index contributed by atoms with van der Waals surface area (Å²) in [6.07, 6.45) is 1.53. The van der Waals surface area contributed by atoms with E-state index < -0.39 is 0 Å². The quantitative estimate of drug-likeness (QED) is 0.861. The molecular weight excluding hydrogens is 282 g/mol. The Balaban J connectivity index is 2.14. The molecule has 0 aliphatic heterocycles. The number of nitrogens with zero attached hydrogens (tertiary/aromatic N) is 2. The van der Waals surface area contributed by atoms with Gasteiger partial charge in [0.05, 0.1) is 0 Å². The van der Waals surface area contributed by atoms with Crippen LogP contribution in [-0.4, -0.2) is 27.3 Å². The van der Waals surface area contributed by atoms with Crippen LogP contribution in [0.5, 0.6) is 0 Å². The van der Waals surface area contributed by atoms with Crippen molar-refractivity contribution in [2.75, 3.05) is 6.54 Å². The highest BCUT2D eigenvalue weighted by Gasteiger charge is 2.15. The summed E-state index contributed by atoms with van der Waals surface area (Å²) in [5, 5.41) is 0. The van der Waals surface area contributed by atoms with E-state index in [1.165, 1.54) is 6.20 Å². The molecule has 108 valence electrons. The lowest BCUT2D eigenvalue weighted by molar-refractivity contribution is 0.0746. The predicted molar refractivity (Wildman–Crippen MR) is 87.0 cm³/mol. The molecule has 2 rings (SSSR count). The van der Waals surface area contributed by atoms with E-state index in [1.807, 2.05) is 37.3 Å². The second kappa shape index (κ2) is 6.95. The molecule has 0 atom stereocenters. The first kappa shape index (κ1) is 15.1. The minimum absolute atomic E-state index is 0.101.